The van der Waals surface area contributed by atoms with Crippen LogP contribution in [0.2, 0.25) is 0 Å². The second kappa shape index (κ2) is 8.63. The van der Waals surface area contributed by atoms with Gasteiger partial charge in [-0.2, -0.15) is 0 Å². The van der Waals surface area contributed by atoms with Crippen molar-refractivity contribution >= 4 is 32.3 Å². The zero-order valence-corrected chi connectivity index (χ0v) is 19.2. The number of aromatic nitrogens is 1. The van der Waals surface area contributed by atoms with Gasteiger partial charge in [-0.05, 0) is 55.7 Å². The lowest BCUT2D eigenvalue weighted by Crippen LogP contribution is -2.18. The molecule has 164 valence electrons. The molecule has 0 saturated heterocycles. The van der Waals surface area contributed by atoms with E-state index in [2.05, 4.69) is 5.32 Å². The summed E-state index contributed by atoms with van der Waals surface area (Å²) in [6.07, 6.45) is 1.58. The quantitative estimate of drug-likeness (QED) is 0.444. The van der Waals surface area contributed by atoms with Crippen molar-refractivity contribution in [2.75, 3.05) is 5.32 Å². The number of anilines is 1. The van der Waals surface area contributed by atoms with Crippen LogP contribution in [-0.4, -0.2) is 18.9 Å². The lowest BCUT2D eigenvalue weighted by molar-refractivity contribution is -0.116. The largest absolute Gasteiger partial charge is 0.337 e. The van der Waals surface area contributed by atoms with Gasteiger partial charge in [0.05, 0.1) is 10.6 Å². The summed E-state index contributed by atoms with van der Waals surface area (Å²) in [5, 5.41) is 3.54. The second-order valence-electron chi connectivity index (χ2n) is 8.31. The van der Waals surface area contributed by atoms with Crippen LogP contribution in [0.5, 0.6) is 0 Å². The number of hydrogen-bond acceptors (Lipinski definition) is 3. The number of nitrogens with zero attached hydrogens (tertiary/aromatic N) is 1. The number of fused-ring (bicyclic) bond motifs is 1. The maximum atomic E-state index is 13.3. The van der Waals surface area contributed by atoms with E-state index in [1.807, 2.05) is 81.4 Å². The highest BCUT2D eigenvalue weighted by atomic mass is 32.2. The van der Waals surface area contributed by atoms with Crippen molar-refractivity contribution < 1.29 is 13.2 Å². The van der Waals surface area contributed by atoms with Gasteiger partial charge >= 0.3 is 0 Å². The lowest BCUT2D eigenvalue weighted by Gasteiger charge is -2.09. The van der Waals surface area contributed by atoms with Crippen molar-refractivity contribution in [3.05, 3.63) is 95.2 Å². The minimum atomic E-state index is -3.59. The number of para-hydroxylation sites is 1. The summed E-state index contributed by atoms with van der Waals surface area (Å²) in [5.74, 6) is -0.297. The normalized spacial score (nSPS) is 11.6. The third-order valence-corrected chi connectivity index (χ3v) is 7.09. The molecule has 0 saturated carbocycles. The Morgan fingerprint density at radius 3 is 2.22 bits per heavy atom. The molecule has 4 rings (SSSR count). The van der Waals surface area contributed by atoms with Gasteiger partial charge in [0, 0.05) is 22.8 Å². The Bertz CT molecular complexity index is 1380. The van der Waals surface area contributed by atoms with E-state index < -0.39 is 9.84 Å². The molecule has 3 aromatic carbocycles. The molecule has 0 radical (unpaired) electrons. The topological polar surface area (TPSA) is 68.2 Å². The summed E-state index contributed by atoms with van der Waals surface area (Å²) in [7, 11) is -3.59. The molecule has 0 aliphatic rings. The number of carbonyl (C=O) groups excluding carboxylic acids is 1. The summed E-state index contributed by atoms with van der Waals surface area (Å²) in [4.78, 5) is 13.0. The van der Waals surface area contributed by atoms with Crippen LogP contribution in [0.3, 0.4) is 0 Å². The van der Waals surface area contributed by atoms with Crippen molar-refractivity contribution in [3.63, 3.8) is 0 Å². The van der Waals surface area contributed by atoms with Crippen LogP contribution in [0.15, 0.2) is 77.8 Å². The Hall–Kier alpha value is -3.38. The van der Waals surface area contributed by atoms with Crippen LogP contribution in [0.4, 0.5) is 5.69 Å². The smallest absolute Gasteiger partial charge is 0.244 e. The molecule has 1 heterocycles. The van der Waals surface area contributed by atoms with E-state index in [1.165, 1.54) is 0 Å². The predicted octanol–water partition coefficient (Wildman–Crippen LogP) is 5.18. The Labute approximate surface area is 188 Å². The third kappa shape index (κ3) is 4.75. The van der Waals surface area contributed by atoms with Gasteiger partial charge in [0.1, 0.15) is 6.54 Å². The van der Waals surface area contributed by atoms with E-state index in [1.54, 1.807) is 16.8 Å². The van der Waals surface area contributed by atoms with Gasteiger partial charge < -0.3 is 9.88 Å². The van der Waals surface area contributed by atoms with E-state index in [-0.39, 0.29) is 23.1 Å². The lowest BCUT2D eigenvalue weighted by atomic mass is 10.1. The first kappa shape index (κ1) is 21.8. The van der Waals surface area contributed by atoms with Crippen molar-refractivity contribution in [1.29, 1.82) is 0 Å². The average Bonchev–Trinajstić information content (AvgIpc) is 3.08. The molecule has 0 spiro atoms. The molecule has 1 amide bonds. The fraction of sp³-hybridized carbons (Fsp3) is 0.192. The first-order valence-electron chi connectivity index (χ1n) is 10.5. The first-order chi connectivity index (χ1) is 15.2. The van der Waals surface area contributed by atoms with Crippen molar-refractivity contribution in [2.24, 2.45) is 0 Å². The van der Waals surface area contributed by atoms with Gasteiger partial charge in [0.2, 0.25) is 5.91 Å². The molecule has 32 heavy (non-hydrogen) atoms. The molecule has 0 aliphatic heterocycles. The van der Waals surface area contributed by atoms with Gasteiger partial charge in [0.25, 0.3) is 0 Å². The van der Waals surface area contributed by atoms with E-state index in [4.69, 9.17) is 0 Å². The number of carbonyl (C=O) groups is 1. The summed E-state index contributed by atoms with van der Waals surface area (Å²) in [5.41, 5.74) is 5.40. The van der Waals surface area contributed by atoms with Crippen LogP contribution in [0.1, 0.15) is 22.3 Å². The number of nitrogens with one attached hydrogen (secondary N) is 1. The average molecular weight is 447 g/mol. The number of amides is 1. The van der Waals surface area contributed by atoms with Crippen LogP contribution >= 0.6 is 0 Å². The minimum Gasteiger partial charge on any atom is -0.337 e. The molecule has 1 N–H and O–H groups in total. The summed E-state index contributed by atoms with van der Waals surface area (Å²) in [6, 6.07) is 20.6. The van der Waals surface area contributed by atoms with E-state index in [0.717, 1.165) is 27.9 Å². The first-order valence-corrected chi connectivity index (χ1v) is 12.1. The summed E-state index contributed by atoms with van der Waals surface area (Å²) < 4.78 is 28.2. The zero-order chi connectivity index (χ0) is 22.9. The SMILES string of the molecule is Cc1ccc(CS(=O)(=O)c2cn(CC(=O)Nc3cc(C)cc(C)c3)c3ccccc23)cc1. The molecule has 1 aromatic heterocycles. The van der Waals surface area contributed by atoms with Crippen molar-refractivity contribution in [3.8, 4) is 0 Å². The van der Waals surface area contributed by atoms with Crippen LogP contribution in [0.25, 0.3) is 10.9 Å². The van der Waals surface area contributed by atoms with Gasteiger partial charge in [-0.15, -0.1) is 0 Å². The van der Waals surface area contributed by atoms with Gasteiger partial charge in [-0.25, -0.2) is 8.42 Å². The Balaban J connectivity index is 1.63. The molecule has 0 unspecified atom stereocenters. The van der Waals surface area contributed by atoms with Crippen LogP contribution < -0.4 is 5.32 Å². The molecular weight excluding hydrogens is 420 g/mol. The van der Waals surface area contributed by atoms with E-state index in [0.29, 0.717) is 10.9 Å². The Kier molecular flexibility index (Phi) is 5.89. The standard InChI is InChI=1S/C26H26N2O3S/c1-18-8-10-21(11-9-18)17-32(30,31)25-15-28(24-7-5-4-6-23(24)25)16-26(29)27-22-13-19(2)12-20(3)14-22/h4-15H,16-17H2,1-3H3,(H,27,29). The van der Waals surface area contributed by atoms with E-state index in [9.17, 15) is 13.2 Å². The molecule has 6 heteroatoms. The third-order valence-electron chi connectivity index (χ3n) is 5.38. The maximum absolute atomic E-state index is 13.3. The highest BCUT2D eigenvalue weighted by Crippen LogP contribution is 2.28. The van der Waals surface area contributed by atoms with Crippen molar-refractivity contribution in [2.45, 2.75) is 38.0 Å². The number of rotatable bonds is 6. The maximum Gasteiger partial charge on any atom is 0.244 e. The zero-order valence-electron chi connectivity index (χ0n) is 18.4. The number of benzene rings is 3. The number of hydrogen-bond donors (Lipinski definition) is 1. The molecule has 0 atom stereocenters. The van der Waals surface area contributed by atoms with E-state index >= 15 is 0 Å². The molecule has 0 fully saturated rings. The van der Waals surface area contributed by atoms with Crippen LogP contribution in [-0.2, 0) is 26.9 Å². The highest BCUT2D eigenvalue weighted by molar-refractivity contribution is 7.90. The van der Waals surface area contributed by atoms with Gasteiger partial charge in [-0.3, -0.25) is 4.79 Å². The Morgan fingerprint density at radius 2 is 1.53 bits per heavy atom. The van der Waals surface area contributed by atoms with Gasteiger partial charge in [-0.1, -0.05) is 54.1 Å². The van der Waals surface area contributed by atoms with Crippen LogP contribution in [0, 0.1) is 20.8 Å². The second-order valence-corrected chi connectivity index (χ2v) is 10.3. The van der Waals surface area contributed by atoms with Gasteiger partial charge in [0.15, 0.2) is 9.84 Å². The highest BCUT2D eigenvalue weighted by Gasteiger charge is 2.22. The molecule has 4 aromatic rings. The predicted molar refractivity (Wildman–Crippen MR) is 129 cm³/mol. The molecule has 0 bridgehead atoms. The summed E-state index contributed by atoms with van der Waals surface area (Å²) in [6.45, 7) is 5.95. The molecule has 5 nitrogen and oxygen atoms in total. The number of sulfone groups is 1. The molecule has 0 aliphatic carbocycles. The van der Waals surface area contributed by atoms with Crippen molar-refractivity contribution in [1.82, 2.24) is 4.57 Å². The minimum absolute atomic E-state index is 0.0214. The number of aryl methyl sites for hydroxylation is 3. The Morgan fingerprint density at radius 1 is 0.875 bits per heavy atom. The monoisotopic (exact) mass is 446 g/mol. The fourth-order valence-corrected chi connectivity index (χ4v) is 5.56. The molecular formula is C26H26N2O3S. The fourth-order valence-electron chi connectivity index (χ4n) is 3.98. The summed E-state index contributed by atoms with van der Waals surface area (Å²) >= 11 is 0.